The molecule has 0 spiro atoms. The molecule has 2 aromatic heterocycles. The molecule has 0 unspecified atom stereocenters. The smallest absolute Gasteiger partial charge is 0.310 e. The van der Waals surface area contributed by atoms with Crippen LogP contribution in [0, 0.1) is 6.92 Å². The van der Waals surface area contributed by atoms with Crippen molar-refractivity contribution in [3.05, 3.63) is 104 Å². The van der Waals surface area contributed by atoms with Crippen LogP contribution in [0.1, 0.15) is 16.7 Å². The lowest BCUT2D eigenvalue weighted by molar-refractivity contribution is -0.119. The van der Waals surface area contributed by atoms with Gasteiger partial charge in [-0.05, 0) is 42.7 Å². The number of carbonyl (C=O) groups excluding carboxylic acids is 1. The number of carbonyl (C=O) groups is 1. The minimum absolute atomic E-state index is 0.116. The minimum atomic E-state index is -0.517. The van der Waals surface area contributed by atoms with E-state index in [4.69, 9.17) is 0 Å². The third-order valence-corrected chi connectivity index (χ3v) is 5.93. The number of anilines is 1. The van der Waals surface area contributed by atoms with Crippen molar-refractivity contribution >= 4 is 22.6 Å². The summed E-state index contributed by atoms with van der Waals surface area (Å²) in [6.07, 6.45) is 2.30. The molecule has 1 aliphatic heterocycles. The zero-order valence-electron chi connectivity index (χ0n) is 17.7. The second-order valence-electron chi connectivity index (χ2n) is 8.04. The highest BCUT2D eigenvalue weighted by Crippen LogP contribution is 2.27. The number of aryl methyl sites for hydroxylation is 1. The molecular formula is C25H22N4O3. The van der Waals surface area contributed by atoms with E-state index in [2.05, 4.69) is 4.98 Å². The summed E-state index contributed by atoms with van der Waals surface area (Å²) < 4.78 is 2.52. The molecular weight excluding hydrogens is 404 g/mol. The Hall–Kier alpha value is -4.00. The van der Waals surface area contributed by atoms with Crippen LogP contribution in [0.15, 0.2) is 76.4 Å². The molecule has 4 aromatic rings. The van der Waals surface area contributed by atoms with Crippen molar-refractivity contribution in [1.82, 2.24) is 14.1 Å². The van der Waals surface area contributed by atoms with Gasteiger partial charge in [0, 0.05) is 18.4 Å². The molecule has 0 N–H and O–H groups in total. The summed E-state index contributed by atoms with van der Waals surface area (Å²) in [5, 5.41) is 0. The first-order valence-electron chi connectivity index (χ1n) is 10.5. The Kier molecular flexibility index (Phi) is 4.93. The molecule has 0 bridgehead atoms. The quantitative estimate of drug-likeness (QED) is 0.502. The summed E-state index contributed by atoms with van der Waals surface area (Å²) in [5.41, 5.74) is 3.48. The maximum absolute atomic E-state index is 13.4. The third-order valence-electron chi connectivity index (χ3n) is 5.93. The zero-order valence-corrected chi connectivity index (χ0v) is 17.7. The van der Waals surface area contributed by atoms with Crippen molar-refractivity contribution in [1.29, 1.82) is 0 Å². The fourth-order valence-corrected chi connectivity index (χ4v) is 4.23. The molecule has 7 nitrogen and oxygen atoms in total. The van der Waals surface area contributed by atoms with Crippen LogP contribution in [0.3, 0.4) is 0 Å². The number of para-hydroxylation sites is 1. The summed E-state index contributed by atoms with van der Waals surface area (Å²) >= 11 is 0. The number of fused-ring (bicyclic) bond motifs is 2. The van der Waals surface area contributed by atoms with Crippen molar-refractivity contribution in [2.75, 3.05) is 11.4 Å². The average molecular weight is 426 g/mol. The Balaban J connectivity index is 1.58. The molecule has 0 saturated carbocycles. The van der Waals surface area contributed by atoms with Gasteiger partial charge in [-0.1, -0.05) is 48.0 Å². The van der Waals surface area contributed by atoms with Crippen molar-refractivity contribution in [3.8, 4) is 0 Å². The number of hydrogen-bond donors (Lipinski definition) is 0. The second kappa shape index (κ2) is 7.92. The maximum atomic E-state index is 13.4. The number of hydrogen-bond acceptors (Lipinski definition) is 4. The number of amides is 1. The molecule has 160 valence electrons. The summed E-state index contributed by atoms with van der Waals surface area (Å²) in [5.74, 6) is -0.192. The van der Waals surface area contributed by atoms with Crippen molar-refractivity contribution in [3.63, 3.8) is 0 Å². The lowest BCUT2D eigenvalue weighted by Gasteiger charge is -2.19. The SMILES string of the molecule is Cc1ccc(Cn2c(=O)c3ncccc3n(CC(=O)N3CCc4ccccc43)c2=O)cc1. The van der Waals surface area contributed by atoms with Crippen LogP contribution in [0.2, 0.25) is 0 Å². The number of nitrogens with zero attached hydrogens (tertiary/aromatic N) is 4. The van der Waals surface area contributed by atoms with E-state index in [9.17, 15) is 14.4 Å². The number of aromatic nitrogens is 3. The predicted octanol–water partition coefficient (Wildman–Crippen LogP) is 2.50. The van der Waals surface area contributed by atoms with Gasteiger partial charge in [-0.2, -0.15) is 0 Å². The van der Waals surface area contributed by atoms with Gasteiger partial charge in [-0.3, -0.25) is 18.7 Å². The highest BCUT2D eigenvalue weighted by molar-refractivity contribution is 5.95. The molecule has 0 aliphatic carbocycles. The monoisotopic (exact) mass is 426 g/mol. The number of benzene rings is 2. The molecule has 5 rings (SSSR count). The Labute approximate surface area is 184 Å². The molecule has 0 saturated heterocycles. The predicted molar refractivity (Wildman–Crippen MR) is 123 cm³/mol. The van der Waals surface area contributed by atoms with Gasteiger partial charge in [0.2, 0.25) is 5.91 Å². The van der Waals surface area contributed by atoms with Crippen LogP contribution in [-0.4, -0.2) is 26.6 Å². The summed E-state index contributed by atoms with van der Waals surface area (Å²) in [6, 6.07) is 18.8. The maximum Gasteiger partial charge on any atom is 0.332 e. The summed E-state index contributed by atoms with van der Waals surface area (Å²) in [6.45, 7) is 2.51. The van der Waals surface area contributed by atoms with E-state index >= 15 is 0 Å². The fourth-order valence-electron chi connectivity index (χ4n) is 4.23. The first kappa shape index (κ1) is 19.9. The Morgan fingerprint density at radius 3 is 2.56 bits per heavy atom. The molecule has 7 heteroatoms. The van der Waals surface area contributed by atoms with Crippen molar-refractivity contribution in [2.45, 2.75) is 26.4 Å². The van der Waals surface area contributed by atoms with Crippen molar-refractivity contribution < 1.29 is 4.79 Å². The van der Waals surface area contributed by atoms with Crippen LogP contribution < -0.4 is 16.1 Å². The largest absolute Gasteiger partial charge is 0.332 e. The van der Waals surface area contributed by atoms with E-state index in [1.165, 1.54) is 10.8 Å². The van der Waals surface area contributed by atoms with E-state index < -0.39 is 11.2 Å². The molecule has 32 heavy (non-hydrogen) atoms. The molecule has 3 heterocycles. The topological polar surface area (TPSA) is 77.2 Å². The van der Waals surface area contributed by atoms with E-state index in [1.807, 2.05) is 55.5 Å². The first-order chi connectivity index (χ1) is 15.5. The van der Waals surface area contributed by atoms with Gasteiger partial charge in [-0.15, -0.1) is 0 Å². The summed E-state index contributed by atoms with van der Waals surface area (Å²) in [4.78, 5) is 45.6. The van der Waals surface area contributed by atoms with Crippen LogP contribution in [-0.2, 0) is 24.3 Å². The number of rotatable bonds is 4. The number of pyridine rings is 1. The Morgan fingerprint density at radius 1 is 0.969 bits per heavy atom. The first-order valence-corrected chi connectivity index (χ1v) is 10.5. The van der Waals surface area contributed by atoms with Gasteiger partial charge in [0.15, 0.2) is 5.52 Å². The minimum Gasteiger partial charge on any atom is -0.310 e. The Bertz CT molecular complexity index is 1450. The zero-order chi connectivity index (χ0) is 22.2. The average Bonchev–Trinajstić information content (AvgIpc) is 3.25. The van der Waals surface area contributed by atoms with Crippen LogP contribution in [0.4, 0.5) is 5.69 Å². The molecule has 2 aromatic carbocycles. The lowest BCUT2D eigenvalue weighted by atomic mass is 10.1. The second-order valence-corrected chi connectivity index (χ2v) is 8.04. The molecule has 1 aliphatic rings. The lowest BCUT2D eigenvalue weighted by Crippen LogP contribution is -2.43. The summed E-state index contributed by atoms with van der Waals surface area (Å²) in [7, 11) is 0. The third kappa shape index (κ3) is 3.41. The highest BCUT2D eigenvalue weighted by atomic mass is 16.2. The highest BCUT2D eigenvalue weighted by Gasteiger charge is 2.25. The van der Waals surface area contributed by atoms with E-state index in [0.29, 0.717) is 12.1 Å². The van der Waals surface area contributed by atoms with Crippen LogP contribution in [0.25, 0.3) is 11.0 Å². The standard InChI is InChI=1S/C25H22N4O3/c1-17-8-10-18(11-9-17)15-29-24(31)23-21(7-4-13-26-23)28(25(29)32)16-22(30)27-14-12-19-5-2-3-6-20(19)27/h2-11,13H,12,14-16H2,1H3. The van der Waals surface area contributed by atoms with Gasteiger partial charge in [-0.25, -0.2) is 9.78 Å². The van der Waals surface area contributed by atoms with Gasteiger partial charge in [0.1, 0.15) is 6.54 Å². The fraction of sp³-hybridized carbons (Fsp3) is 0.200. The normalized spacial score (nSPS) is 12.8. The van der Waals surface area contributed by atoms with Gasteiger partial charge in [0.25, 0.3) is 5.56 Å². The molecule has 0 atom stereocenters. The van der Waals surface area contributed by atoms with Crippen LogP contribution >= 0.6 is 0 Å². The van der Waals surface area contributed by atoms with Gasteiger partial charge >= 0.3 is 5.69 Å². The molecule has 0 fully saturated rings. The van der Waals surface area contributed by atoms with Gasteiger partial charge in [0.05, 0.1) is 12.1 Å². The van der Waals surface area contributed by atoms with Gasteiger partial charge < -0.3 is 4.90 Å². The Morgan fingerprint density at radius 2 is 1.75 bits per heavy atom. The van der Waals surface area contributed by atoms with E-state index in [-0.39, 0.29) is 24.5 Å². The van der Waals surface area contributed by atoms with E-state index in [0.717, 1.165) is 33.4 Å². The van der Waals surface area contributed by atoms with Crippen LogP contribution in [0.5, 0.6) is 0 Å². The molecule has 1 amide bonds. The van der Waals surface area contributed by atoms with E-state index in [1.54, 1.807) is 17.0 Å². The molecule has 0 radical (unpaired) electrons. The van der Waals surface area contributed by atoms with Crippen molar-refractivity contribution in [2.24, 2.45) is 0 Å².